The van der Waals surface area contributed by atoms with Gasteiger partial charge in [0.2, 0.25) is 0 Å². The van der Waals surface area contributed by atoms with E-state index in [1.807, 2.05) is 44.4 Å². The molecular formula is C29H37N3O4S. The van der Waals surface area contributed by atoms with Crippen LogP contribution in [0.1, 0.15) is 66.0 Å². The van der Waals surface area contributed by atoms with Gasteiger partial charge in [-0.2, -0.15) is 0 Å². The zero-order valence-corrected chi connectivity index (χ0v) is 23.0. The zero-order valence-electron chi connectivity index (χ0n) is 22.1. The predicted molar refractivity (Wildman–Crippen MR) is 148 cm³/mol. The molecule has 0 spiro atoms. The van der Waals surface area contributed by atoms with E-state index in [0.717, 1.165) is 66.1 Å². The quantitative estimate of drug-likeness (QED) is 0.400. The molecule has 1 amide bonds. The summed E-state index contributed by atoms with van der Waals surface area (Å²) >= 11 is 1.52. The average molecular weight is 524 g/mol. The number of aromatic nitrogens is 2. The Morgan fingerprint density at radius 1 is 1.19 bits per heavy atom. The van der Waals surface area contributed by atoms with Crippen LogP contribution in [0.2, 0.25) is 0 Å². The van der Waals surface area contributed by atoms with Crippen LogP contribution in [0, 0.1) is 19.8 Å². The molecule has 3 heterocycles. The molecule has 2 fully saturated rings. The van der Waals surface area contributed by atoms with Crippen molar-refractivity contribution in [3.63, 3.8) is 0 Å². The molecule has 198 valence electrons. The van der Waals surface area contributed by atoms with E-state index in [-0.39, 0.29) is 30.2 Å². The fourth-order valence-electron chi connectivity index (χ4n) is 5.98. The van der Waals surface area contributed by atoms with E-state index < -0.39 is 0 Å². The van der Waals surface area contributed by atoms with Gasteiger partial charge in [0.25, 0.3) is 11.5 Å². The lowest BCUT2D eigenvalue weighted by molar-refractivity contribution is -0.162. The number of nitrogens with zero attached hydrogens (tertiary/aromatic N) is 1. The number of benzene rings is 1. The maximum atomic E-state index is 13.6. The molecule has 5 rings (SSSR count). The number of aromatic amines is 1. The number of rotatable bonds is 8. The number of hydrogen-bond acceptors (Lipinski definition) is 5. The molecule has 1 atom stereocenters. The molecule has 1 saturated carbocycles. The Kier molecular flexibility index (Phi) is 7.79. The molecule has 1 aliphatic carbocycles. The number of ether oxygens (including phenoxy) is 2. The third kappa shape index (κ3) is 5.24. The third-order valence-corrected chi connectivity index (χ3v) is 8.86. The van der Waals surface area contributed by atoms with Crippen LogP contribution in [0.15, 0.2) is 40.0 Å². The van der Waals surface area contributed by atoms with E-state index in [0.29, 0.717) is 23.1 Å². The third-order valence-electron chi connectivity index (χ3n) is 8.06. The molecule has 2 N–H and O–H groups in total. The smallest absolute Gasteiger partial charge is 0.254 e. The second kappa shape index (κ2) is 11.1. The summed E-state index contributed by atoms with van der Waals surface area (Å²) in [5.74, 6) is 0.379. The number of fused-ring (bicyclic) bond motifs is 1. The fourth-order valence-corrected chi connectivity index (χ4v) is 6.68. The molecule has 8 heteroatoms. The number of hydrogen-bond donors (Lipinski definition) is 2. The molecule has 37 heavy (non-hydrogen) atoms. The molecule has 0 radical (unpaired) electrons. The summed E-state index contributed by atoms with van der Waals surface area (Å²) in [6, 6.07) is 10.4. The fraction of sp³-hybridized carbons (Fsp3) is 0.517. The standard InChI is InChI=1S/C29H37N3O4S/c1-17-13-26(37-4)24(28(33)31-17)14-30-29(34)27-19(3)32(25-8-6-5-7-23(25)27)18(2)20-9-11-21(12-10-20)36-22-15-35-16-22/h5-8,13,18,20-22H,9-12,14-16H2,1-4H3,(H,30,34)(H,31,33). The van der Waals surface area contributed by atoms with Crippen molar-refractivity contribution < 1.29 is 14.3 Å². The van der Waals surface area contributed by atoms with E-state index >= 15 is 0 Å². The van der Waals surface area contributed by atoms with Gasteiger partial charge in [-0.25, -0.2) is 0 Å². The molecule has 2 aromatic heterocycles. The van der Waals surface area contributed by atoms with Crippen molar-refractivity contribution in [2.45, 2.75) is 76.1 Å². The highest BCUT2D eigenvalue weighted by Gasteiger charge is 2.32. The van der Waals surface area contributed by atoms with Crippen molar-refractivity contribution in [3.8, 4) is 0 Å². The van der Waals surface area contributed by atoms with Gasteiger partial charge < -0.3 is 24.3 Å². The van der Waals surface area contributed by atoms with Gasteiger partial charge in [-0.1, -0.05) is 18.2 Å². The second-order valence-electron chi connectivity index (χ2n) is 10.4. The highest BCUT2D eigenvalue weighted by Crippen LogP contribution is 2.39. The first-order chi connectivity index (χ1) is 17.9. The van der Waals surface area contributed by atoms with Crippen LogP contribution in [0.5, 0.6) is 0 Å². The van der Waals surface area contributed by atoms with E-state index in [1.54, 1.807) is 0 Å². The number of thioether (sulfide) groups is 1. The van der Waals surface area contributed by atoms with E-state index in [9.17, 15) is 9.59 Å². The molecular weight excluding hydrogens is 486 g/mol. The number of para-hydroxylation sites is 1. The summed E-state index contributed by atoms with van der Waals surface area (Å²) in [5.41, 5.74) is 4.00. The lowest BCUT2D eigenvalue weighted by Crippen LogP contribution is -2.40. The van der Waals surface area contributed by atoms with Gasteiger partial charge in [-0.15, -0.1) is 11.8 Å². The summed E-state index contributed by atoms with van der Waals surface area (Å²) in [7, 11) is 0. The molecule has 2 aliphatic rings. The van der Waals surface area contributed by atoms with Crippen molar-refractivity contribution in [2.24, 2.45) is 5.92 Å². The van der Waals surface area contributed by atoms with Gasteiger partial charge in [0, 0.05) is 45.3 Å². The summed E-state index contributed by atoms with van der Waals surface area (Å²) in [4.78, 5) is 29.9. The second-order valence-corrected chi connectivity index (χ2v) is 11.3. The maximum Gasteiger partial charge on any atom is 0.254 e. The van der Waals surface area contributed by atoms with Gasteiger partial charge in [0.1, 0.15) is 6.10 Å². The highest BCUT2D eigenvalue weighted by atomic mass is 32.2. The first kappa shape index (κ1) is 26.1. The maximum absolute atomic E-state index is 13.6. The van der Waals surface area contributed by atoms with E-state index in [4.69, 9.17) is 9.47 Å². The Bertz CT molecular complexity index is 1330. The van der Waals surface area contributed by atoms with Crippen LogP contribution >= 0.6 is 11.8 Å². The number of pyridine rings is 1. The van der Waals surface area contributed by atoms with Gasteiger partial charge >= 0.3 is 0 Å². The molecule has 3 aromatic rings. The lowest BCUT2D eigenvalue weighted by Gasteiger charge is -2.37. The van der Waals surface area contributed by atoms with Crippen LogP contribution in [0.4, 0.5) is 0 Å². The number of nitrogens with one attached hydrogen (secondary N) is 2. The largest absolute Gasteiger partial charge is 0.376 e. The van der Waals surface area contributed by atoms with Gasteiger partial charge in [-0.05, 0) is 70.8 Å². The monoisotopic (exact) mass is 523 g/mol. The van der Waals surface area contributed by atoms with Crippen molar-refractivity contribution in [2.75, 3.05) is 19.5 Å². The Labute approximate surface area is 222 Å². The Morgan fingerprint density at radius 3 is 2.59 bits per heavy atom. The summed E-state index contributed by atoms with van der Waals surface area (Å²) in [5, 5.41) is 3.99. The summed E-state index contributed by atoms with van der Waals surface area (Å²) < 4.78 is 13.8. The minimum absolute atomic E-state index is 0.147. The van der Waals surface area contributed by atoms with Crippen LogP contribution < -0.4 is 10.9 Å². The van der Waals surface area contributed by atoms with Gasteiger partial charge in [0.05, 0.1) is 24.9 Å². The first-order valence-electron chi connectivity index (χ1n) is 13.2. The molecule has 1 aromatic carbocycles. The first-order valence-corrected chi connectivity index (χ1v) is 14.5. The molecule has 7 nitrogen and oxygen atoms in total. The normalized spacial score (nSPS) is 21.1. The van der Waals surface area contributed by atoms with Crippen molar-refractivity contribution in [1.82, 2.24) is 14.9 Å². The number of H-pyrrole nitrogens is 1. The molecule has 1 aliphatic heterocycles. The number of carbonyl (C=O) groups excluding carboxylic acids is 1. The van der Waals surface area contributed by atoms with E-state index in [2.05, 4.69) is 27.9 Å². The summed E-state index contributed by atoms with van der Waals surface area (Å²) in [6.45, 7) is 7.84. The molecule has 1 saturated heterocycles. The molecule has 1 unspecified atom stereocenters. The summed E-state index contributed by atoms with van der Waals surface area (Å²) in [6.07, 6.45) is 6.91. The number of carbonyl (C=O) groups is 1. The Hall–Kier alpha value is -2.55. The molecule has 0 bridgehead atoms. The van der Waals surface area contributed by atoms with Crippen LogP contribution in [0.3, 0.4) is 0 Å². The van der Waals surface area contributed by atoms with Crippen LogP contribution in [0.25, 0.3) is 10.9 Å². The zero-order chi connectivity index (χ0) is 26.1. The van der Waals surface area contributed by atoms with Crippen molar-refractivity contribution in [3.05, 3.63) is 63.2 Å². The lowest BCUT2D eigenvalue weighted by atomic mass is 9.82. The van der Waals surface area contributed by atoms with Gasteiger partial charge in [-0.3, -0.25) is 9.59 Å². The highest BCUT2D eigenvalue weighted by molar-refractivity contribution is 7.98. The topological polar surface area (TPSA) is 85.4 Å². The van der Waals surface area contributed by atoms with Crippen LogP contribution in [-0.4, -0.2) is 47.1 Å². The minimum atomic E-state index is -0.151. The van der Waals surface area contributed by atoms with Crippen LogP contribution in [-0.2, 0) is 16.0 Å². The number of amides is 1. The van der Waals surface area contributed by atoms with Crippen molar-refractivity contribution >= 4 is 28.6 Å². The minimum Gasteiger partial charge on any atom is -0.376 e. The Balaban J connectivity index is 1.36. The van der Waals surface area contributed by atoms with Crippen molar-refractivity contribution in [1.29, 1.82) is 0 Å². The van der Waals surface area contributed by atoms with Gasteiger partial charge in [0.15, 0.2) is 0 Å². The number of aryl methyl sites for hydroxylation is 1. The van der Waals surface area contributed by atoms with E-state index in [1.165, 1.54) is 11.8 Å². The SMILES string of the molecule is CSc1cc(C)[nH]c(=O)c1CNC(=O)c1c(C)n(C(C)C2CCC(OC3COC3)CC2)c2ccccc12. The average Bonchev–Trinajstić information content (AvgIpc) is 3.16. The predicted octanol–water partition coefficient (Wildman–Crippen LogP) is 5.13. The Morgan fingerprint density at radius 2 is 1.92 bits per heavy atom.